The molecular formula is C27H29N3O. The summed E-state index contributed by atoms with van der Waals surface area (Å²) >= 11 is 0. The summed E-state index contributed by atoms with van der Waals surface area (Å²) in [5, 5.41) is 0. The van der Waals surface area contributed by atoms with E-state index in [1.165, 1.54) is 22.4 Å². The number of hydrogen-bond donors (Lipinski definition) is 0. The topological polar surface area (TPSA) is 26.8 Å². The molecule has 2 aliphatic rings. The molecule has 3 aromatic rings. The van der Waals surface area contributed by atoms with Crippen LogP contribution in [0.1, 0.15) is 22.6 Å². The molecule has 5 rings (SSSR count). The normalized spacial score (nSPS) is 19.2. The molecule has 2 aliphatic heterocycles. The maximum Gasteiger partial charge on any atom is 0.236 e. The molecule has 4 nitrogen and oxygen atoms in total. The van der Waals surface area contributed by atoms with Gasteiger partial charge >= 0.3 is 0 Å². The van der Waals surface area contributed by atoms with Gasteiger partial charge in [0.2, 0.25) is 5.91 Å². The molecule has 1 saturated heterocycles. The summed E-state index contributed by atoms with van der Waals surface area (Å²) in [5.74, 6) is 0.563. The van der Waals surface area contributed by atoms with E-state index in [9.17, 15) is 4.79 Å². The Balaban J connectivity index is 1.25. The Morgan fingerprint density at radius 1 is 0.774 bits per heavy atom. The second kappa shape index (κ2) is 8.94. The quantitative estimate of drug-likeness (QED) is 0.650. The average molecular weight is 412 g/mol. The number of nitrogens with zero attached hydrogens (tertiary/aromatic N) is 3. The van der Waals surface area contributed by atoms with Crippen molar-refractivity contribution in [1.29, 1.82) is 0 Å². The molecule has 4 heteroatoms. The Morgan fingerprint density at radius 3 is 2.16 bits per heavy atom. The SMILES string of the molecule is O=C(CN1Cc2ccccc2C(c2ccccc2)C1)N1CCN(c2ccccc2)CC1. The van der Waals surface area contributed by atoms with Gasteiger partial charge in [-0.25, -0.2) is 0 Å². The Hall–Kier alpha value is -3.11. The van der Waals surface area contributed by atoms with Crippen molar-refractivity contribution >= 4 is 11.6 Å². The van der Waals surface area contributed by atoms with E-state index in [4.69, 9.17) is 0 Å². The van der Waals surface area contributed by atoms with Crippen LogP contribution in [0.4, 0.5) is 5.69 Å². The van der Waals surface area contributed by atoms with Crippen molar-refractivity contribution in [2.24, 2.45) is 0 Å². The molecule has 3 aromatic carbocycles. The highest BCUT2D eigenvalue weighted by molar-refractivity contribution is 5.78. The Morgan fingerprint density at radius 2 is 1.42 bits per heavy atom. The second-order valence-electron chi connectivity index (χ2n) is 8.54. The van der Waals surface area contributed by atoms with Crippen molar-refractivity contribution in [1.82, 2.24) is 9.80 Å². The largest absolute Gasteiger partial charge is 0.368 e. The number of amides is 1. The fourth-order valence-corrected chi connectivity index (χ4v) is 4.92. The van der Waals surface area contributed by atoms with Crippen molar-refractivity contribution in [3.8, 4) is 0 Å². The molecule has 1 atom stereocenters. The molecule has 31 heavy (non-hydrogen) atoms. The molecule has 0 saturated carbocycles. The van der Waals surface area contributed by atoms with Crippen LogP contribution in [-0.4, -0.2) is 55.0 Å². The third-order valence-electron chi connectivity index (χ3n) is 6.58. The Kier molecular flexibility index (Phi) is 5.72. The van der Waals surface area contributed by atoms with Crippen LogP contribution < -0.4 is 4.90 Å². The first-order chi connectivity index (χ1) is 15.3. The second-order valence-corrected chi connectivity index (χ2v) is 8.54. The predicted octanol–water partition coefficient (Wildman–Crippen LogP) is 3.98. The summed E-state index contributed by atoms with van der Waals surface area (Å²) < 4.78 is 0. The minimum atomic E-state index is 0.249. The lowest BCUT2D eigenvalue weighted by molar-refractivity contribution is -0.133. The van der Waals surface area contributed by atoms with E-state index in [0.29, 0.717) is 12.5 Å². The number of fused-ring (bicyclic) bond motifs is 1. The number of piperazine rings is 1. The summed E-state index contributed by atoms with van der Waals surface area (Å²) in [7, 11) is 0. The molecule has 2 heterocycles. The van der Waals surface area contributed by atoms with Crippen LogP contribution in [-0.2, 0) is 11.3 Å². The number of para-hydroxylation sites is 1. The van der Waals surface area contributed by atoms with Gasteiger partial charge in [-0.1, -0.05) is 72.8 Å². The fraction of sp³-hybridized carbons (Fsp3) is 0.296. The number of rotatable bonds is 4. The summed E-state index contributed by atoms with van der Waals surface area (Å²) in [4.78, 5) is 19.9. The van der Waals surface area contributed by atoms with Gasteiger partial charge in [0.05, 0.1) is 6.54 Å². The van der Waals surface area contributed by atoms with Crippen molar-refractivity contribution in [3.63, 3.8) is 0 Å². The molecule has 158 valence electrons. The zero-order valence-electron chi connectivity index (χ0n) is 17.9. The van der Waals surface area contributed by atoms with Crippen molar-refractivity contribution < 1.29 is 4.79 Å². The van der Waals surface area contributed by atoms with Gasteiger partial charge in [-0.15, -0.1) is 0 Å². The third-order valence-corrected chi connectivity index (χ3v) is 6.58. The lowest BCUT2D eigenvalue weighted by Gasteiger charge is -2.39. The molecule has 0 aliphatic carbocycles. The van der Waals surface area contributed by atoms with Gasteiger partial charge in [-0.2, -0.15) is 0 Å². The van der Waals surface area contributed by atoms with Gasteiger partial charge in [0.1, 0.15) is 0 Å². The molecule has 0 N–H and O–H groups in total. The standard InChI is InChI=1S/C27H29N3O/c31-27(30-17-15-29(16-18-30)24-12-5-2-6-13-24)21-28-19-23-11-7-8-14-25(23)26(20-28)22-9-3-1-4-10-22/h1-14,26H,15-21H2. The smallest absolute Gasteiger partial charge is 0.236 e. The molecule has 1 fully saturated rings. The lowest BCUT2D eigenvalue weighted by atomic mass is 9.84. The summed E-state index contributed by atoms with van der Waals surface area (Å²) in [6.45, 7) is 5.59. The molecule has 1 unspecified atom stereocenters. The molecule has 0 spiro atoms. The van der Waals surface area contributed by atoms with E-state index in [1.807, 2.05) is 11.0 Å². The zero-order valence-corrected chi connectivity index (χ0v) is 17.9. The molecular weight excluding hydrogens is 382 g/mol. The maximum atomic E-state index is 13.1. The minimum absolute atomic E-state index is 0.249. The van der Waals surface area contributed by atoms with E-state index in [0.717, 1.165) is 39.3 Å². The zero-order chi connectivity index (χ0) is 21.0. The van der Waals surface area contributed by atoms with Crippen LogP contribution in [0.25, 0.3) is 0 Å². The summed E-state index contributed by atoms with van der Waals surface area (Å²) in [6, 6.07) is 29.9. The van der Waals surface area contributed by atoms with Gasteiger partial charge in [0.25, 0.3) is 0 Å². The van der Waals surface area contributed by atoms with Crippen LogP contribution in [0, 0.1) is 0 Å². The first-order valence-corrected chi connectivity index (χ1v) is 11.2. The molecule has 1 amide bonds. The van der Waals surface area contributed by atoms with E-state index in [-0.39, 0.29) is 5.91 Å². The summed E-state index contributed by atoms with van der Waals surface area (Å²) in [5.41, 5.74) is 5.30. The number of benzene rings is 3. The average Bonchev–Trinajstić information content (AvgIpc) is 2.85. The van der Waals surface area contributed by atoms with Crippen LogP contribution in [0.15, 0.2) is 84.9 Å². The first-order valence-electron chi connectivity index (χ1n) is 11.2. The number of anilines is 1. The maximum absolute atomic E-state index is 13.1. The fourth-order valence-electron chi connectivity index (χ4n) is 4.92. The predicted molar refractivity (Wildman–Crippen MR) is 125 cm³/mol. The molecule has 0 radical (unpaired) electrons. The van der Waals surface area contributed by atoms with E-state index < -0.39 is 0 Å². The first kappa shape index (κ1) is 19.8. The number of carbonyl (C=O) groups is 1. The minimum Gasteiger partial charge on any atom is -0.368 e. The van der Waals surface area contributed by atoms with Gasteiger partial charge in [-0.05, 0) is 28.8 Å². The van der Waals surface area contributed by atoms with Crippen molar-refractivity contribution in [2.45, 2.75) is 12.5 Å². The summed E-state index contributed by atoms with van der Waals surface area (Å²) in [6.07, 6.45) is 0. The molecule has 0 aromatic heterocycles. The third kappa shape index (κ3) is 4.35. The van der Waals surface area contributed by atoms with Crippen molar-refractivity contribution in [2.75, 3.05) is 44.2 Å². The lowest BCUT2D eigenvalue weighted by Crippen LogP contribution is -2.51. The van der Waals surface area contributed by atoms with Gasteiger partial charge in [0.15, 0.2) is 0 Å². The molecule has 0 bridgehead atoms. The van der Waals surface area contributed by atoms with Gasteiger partial charge < -0.3 is 9.80 Å². The van der Waals surface area contributed by atoms with Crippen LogP contribution >= 0.6 is 0 Å². The highest BCUT2D eigenvalue weighted by Gasteiger charge is 2.29. The highest BCUT2D eigenvalue weighted by atomic mass is 16.2. The van der Waals surface area contributed by atoms with Crippen molar-refractivity contribution in [3.05, 3.63) is 102 Å². The number of carbonyl (C=O) groups excluding carboxylic acids is 1. The van der Waals surface area contributed by atoms with Gasteiger partial charge in [0, 0.05) is 50.9 Å². The van der Waals surface area contributed by atoms with E-state index in [2.05, 4.69) is 88.7 Å². The highest BCUT2D eigenvalue weighted by Crippen LogP contribution is 2.33. The van der Waals surface area contributed by atoms with E-state index in [1.54, 1.807) is 0 Å². The monoisotopic (exact) mass is 411 g/mol. The van der Waals surface area contributed by atoms with Gasteiger partial charge in [-0.3, -0.25) is 9.69 Å². The Labute approximate surface area is 184 Å². The Bertz CT molecular complexity index is 1010. The van der Waals surface area contributed by atoms with Crippen LogP contribution in [0.2, 0.25) is 0 Å². The number of hydrogen-bond acceptors (Lipinski definition) is 3. The van der Waals surface area contributed by atoms with Crippen LogP contribution in [0.3, 0.4) is 0 Å². The van der Waals surface area contributed by atoms with Crippen LogP contribution in [0.5, 0.6) is 0 Å². The van der Waals surface area contributed by atoms with E-state index >= 15 is 0 Å².